The van der Waals surface area contributed by atoms with E-state index in [-0.39, 0.29) is 5.56 Å². The number of aliphatic hydroxyl groups excluding tert-OH is 1. The summed E-state index contributed by atoms with van der Waals surface area (Å²) < 4.78 is 1.76. The third-order valence-electron chi connectivity index (χ3n) is 4.48. The number of benzene rings is 2. The minimum absolute atomic E-state index is 0.0433. The first-order chi connectivity index (χ1) is 12.6. The van der Waals surface area contributed by atoms with Crippen molar-refractivity contribution in [3.8, 4) is 0 Å². The molecule has 3 rings (SSSR count). The monoisotopic (exact) mass is 349 g/mol. The molecule has 1 atom stereocenters. The van der Waals surface area contributed by atoms with Crippen molar-refractivity contribution in [1.29, 1.82) is 0 Å². The van der Waals surface area contributed by atoms with Crippen molar-refractivity contribution in [3.05, 3.63) is 88.1 Å². The van der Waals surface area contributed by atoms with Crippen LogP contribution in [0.2, 0.25) is 0 Å². The highest BCUT2D eigenvalue weighted by Gasteiger charge is 2.12. The fourth-order valence-electron chi connectivity index (χ4n) is 3.07. The molecule has 0 spiro atoms. The number of nitrogens with zero attached hydrogens (tertiary/aromatic N) is 2. The number of hydrogen-bond acceptors (Lipinski definition) is 4. The smallest absolute Gasteiger partial charge is 0.261 e. The zero-order chi connectivity index (χ0) is 18.5. The van der Waals surface area contributed by atoms with Gasteiger partial charge in [0.15, 0.2) is 0 Å². The molecule has 0 bridgehead atoms. The number of nitrogens with two attached hydrogens (primary N) is 1. The summed E-state index contributed by atoms with van der Waals surface area (Å²) in [6.45, 7) is 2.58. The van der Waals surface area contributed by atoms with E-state index in [1.807, 2.05) is 25.1 Å². The Balaban J connectivity index is 2.00. The standard InChI is InChI=1S/C21H23N3O2/c1-2-20-23-18-14-16(19(25)10-12-22)8-9-17(18)21(26)24(20)13-11-15-6-4-3-5-7-15/h3-10,12,14,19,25H,2,11,13,22H2,1H3/b12-10+. The maximum Gasteiger partial charge on any atom is 0.261 e. The fraction of sp³-hybridized carbons (Fsp3) is 0.238. The van der Waals surface area contributed by atoms with Crippen LogP contribution in [0.3, 0.4) is 0 Å². The van der Waals surface area contributed by atoms with Gasteiger partial charge in [-0.3, -0.25) is 9.36 Å². The third-order valence-corrected chi connectivity index (χ3v) is 4.48. The van der Waals surface area contributed by atoms with Crippen LogP contribution < -0.4 is 11.3 Å². The molecule has 3 N–H and O–H groups in total. The molecule has 0 aliphatic carbocycles. The second kappa shape index (κ2) is 7.97. The van der Waals surface area contributed by atoms with Crippen molar-refractivity contribution in [2.24, 2.45) is 5.73 Å². The number of aromatic nitrogens is 2. The van der Waals surface area contributed by atoms with Crippen molar-refractivity contribution >= 4 is 10.9 Å². The highest BCUT2D eigenvalue weighted by Crippen LogP contribution is 2.19. The second-order valence-electron chi connectivity index (χ2n) is 6.18. The minimum Gasteiger partial charge on any atom is -0.405 e. The third kappa shape index (κ3) is 3.68. The largest absolute Gasteiger partial charge is 0.405 e. The van der Waals surface area contributed by atoms with Crippen LogP contribution in [0.4, 0.5) is 0 Å². The lowest BCUT2D eigenvalue weighted by Gasteiger charge is -2.14. The summed E-state index contributed by atoms with van der Waals surface area (Å²) in [4.78, 5) is 17.6. The van der Waals surface area contributed by atoms with E-state index in [4.69, 9.17) is 5.73 Å². The highest BCUT2D eigenvalue weighted by atomic mass is 16.3. The van der Waals surface area contributed by atoms with Crippen LogP contribution in [-0.2, 0) is 19.4 Å². The molecule has 0 radical (unpaired) electrons. The normalized spacial score (nSPS) is 12.7. The Hall–Kier alpha value is -2.92. The first kappa shape index (κ1) is 17.9. The molecule has 0 fully saturated rings. The predicted octanol–water partition coefficient (Wildman–Crippen LogP) is 2.71. The molecule has 134 valence electrons. The summed E-state index contributed by atoms with van der Waals surface area (Å²) in [6, 6.07) is 15.3. The van der Waals surface area contributed by atoms with Gasteiger partial charge in [-0.05, 0) is 42.0 Å². The van der Waals surface area contributed by atoms with Crippen molar-refractivity contribution in [2.75, 3.05) is 0 Å². The van der Waals surface area contributed by atoms with Gasteiger partial charge >= 0.3 is 0 Å². The second-order valence-corrected chi connectivity index (χ2v) is 6.18. The lowest BCUT2D eigenvalue weighted by atomic mass is 10.1. The average Bonchev–Trinajstić information content (AvgIpc) is 2.67. The van der Waals surface area contributed by atoms with Crippen molar-refractivity contribution in [1.82, 2.24) is 9.55 Å². The SMILES string of the molecule is CCc1nc2cc(C(O)/C=C/N)ccc2c(=O)n1CCc1ccccc1. The quantitative estimate of drug-likeness (QED) is 0.717. The van der Waals surface area contributed by atoms with Gasteiger partial charge in [-0.25, -0.2) is 4.98 Å². The van der Waals surface area contributed by atoms with Gasteiger partial charge in [0.25, 0.3) is 5.56 Å². The van der Waals surface area contributed by atoms with E-state index in [9.17, 15) is 9.90 Å². The number of aliphatic hydroxyl groups is 1. The number of aryl methyl sites for hydroxylation is 2. The van der Waals surface area contributed by atoms with Crippen LogP contribution in [0, 0.1) is 0 Å². The molecule has 5 heteroatoms. The van der Waals surface area contributed by atoms with Gasteiger partial charge in [0.1, 0.15) is 5.82 Å². The summed E-state index contributed by atoms with van der Waals surface area (Å²) in [7, 11) is 0. The Morgan fingerprint density at radius 3 is 2.69 bits per heavy atom. The predicted molar refractivity (Wildman–Crippen MR) is 104 cm³/mol. The molecule has 0 aliphatic rings. The van der Waals surface area contributed by atoms with Gasteiger partial charge in [-0.1, -0.05) is 43.3 Å². The van der Waals surface area contributed by atoms with Crippen LogP contribution in [0.5, 0.6) is 0 Å². The summed E-state index contributed by atoms with van der Waals surface area (Å²) in [5, 5.41) is 10.6. The topological polar surface area (TPSA) is 81.1 Å². The van der Waals surface area contributed by atoms with Crippen molar-refractivity contribution in [2.45, 2.75) is 32.4 Å². The molecule has 0 saturated heterocycles. The van der Waals surface area contributed by atoms with E-state index in [0.717, 1.165) is 12.2 Å². The highest BCUT2D eigenvalue weighted by molar-refractivity contribution is 5.78. The molecule has 26 heavy (non-hydrogen) atoms. The van der Waals surface area contributed by atoms with E-state index < -0.39 is 6.10 Å². The number of hydrogen-bond donors (Lipinski definition) is 2. The van der Waals surface area contributed by atoms with E-state index in [2.05, 4.69) is 17.1 Å². The molecular formula is C21H23N3O2. The van der Waals surface area contributed by atoms with Crippen LogP contribution in [0.15, 0.2) is 65.6 Å². The summed E-state index contributed by atoms with van der Waals surface area (Å²) in [5.74, 6) is 0.749. The molecule has 0 aliphatic heterocycles. The Bertz CT molecular complexity index is 978. The zero-order valence-electron chi connectivity index (χ0n) is 14.8. The first-order valence-electron chi connectivity index (χ1n) is 8.77. The molecule has 1 heterocycles. The molecule has 0 amide bonds. The summed E-state index contributed by atoms with van der Waals surface area (Å²) in [6.07, 6.45) is 3.43. The van der Waals surface area contributed by atoms with Crippen molar-refractivity contribution < 1.29 is 5.11 Å². The van der Waals surface area contributed by atoms with Gasteiger partial charge in [-0.15, -0.1) is 0 Å². The Morgan fingerprint density at radius 1 is 1.23 bits per heavy atom. The molecule has 0 saturated carbocycles. The van der Waals surface area contributed by atoms with Gasteiger partial charge in [0.2, 0.25) is 0 Å². The molecule has 3 aromatic rings. The Kier molecular flexibility index (Phi) is 5.49. The summed E-state index contributed by atoms with van der Waals surface area (Å²) >= 11 is 0. The lowest BCUT2D eigenvalue weighted by molar-refractivity contribution is 0.228. The fourth-order valence-corrected chi connectivity index (χ4v) is 3.07. The van der Waals surface area contributed by atoms with Gasteiger partial charge in [-0.2, -0.15) is 0 Å². The minimum atomic E-state index is -0.809. The van der Waals surface area contributed by atoms with Gasteiger partial charge in [0, 0.05) is 13.0 Å². The molecule has 2 aromatic carbocycles. The zero-order valence-corrected chi connectivity index (χ0v) is 14.8. The molecule has 1 unspecified atom stereocenters. The average molecular weight is 349 g/mol. The number of fused-ring (bicyclic) bond motifs is 1. The molecule has 1 aromatic heterocycles. The number of rotatable bonds is 6. The van der Waals surface area contributed by atoms with Crippen molar-refractivity contribution in [3.63, 3.8) is 0 Å². The molecule has 5 nitrogen and oxygen atoms in total. The van der Waals surface area contributed by atoms with E-state index >= 15 is 0 Å². The van der Waals surface area contributed by atoms with E-state index in [1.54, 1.807) is 22.8 Å². The van der Waals surface area contributed by atoms with Crippen LogP contribution in [0.25, 0.3) is 10.9 Å². The Labute approximate surface area is 152 Å². The maximum absolute atomic E-state index is 13.0. The molecular weight excluding hydrogens is 326 g/mol. The first-order valence-corrected chi connectivity index (χ1v) is 8.77. The Morgan fingerprint density at radius 2 is 2.00 bits per heavy atom. The summed E-state index contributed by atoms with van der Waals surface area (Å²) in [5.41, 5.74) is 7.75. The van der Waals surface area contributed by atoms with E-state index in [0.29, 0.717) is 29.4 Å². The van der Waals surface area contributed by atoms with Crippen LogP contribution in [0.1, 0.15) is 30.0 Å². The van der Waals surface area contributed by atoms with Crippen LogP contribution >= 0.6 is 0 Å². The van der Waals surface area contributed by atoms with Crippen LogP contribution in [-0.4, -0.2) is 14.7 Å². The maximum atomic E-state index is 13.0. The van der Waals surface area contributed by atoms with Gasteiger partial charge < -0.3 is 10.8 Å². The lowest BCUT2D eigenvalue weighted by Crippen LogP contribution is -2.26. The van der Waals surface area contributed by atoms with Gasteiger partial charge in [0.05, 0.1) is 17.0 Å². The van der Waals surface area contributed by atoms with E-state index in [1.165, 1.54) is 17.8 Å².